The molecular weight excluding hydrogens is 511 g/mol. The predicted octanol–water partition coefficient (Wildman–Crippen LogP) is 6.95. The molecular formula is C32H31FN2O3S. The Labute approximate surface area is 233 Å². The van der Waals surface area contributed by atoms with Gasteiger partial charge in [-0.25, -0.2) is 4.39 Å². The van der Waals surface area contributed by atoms with Crippen LogP contribution in [0.15, 0.2) is 97.1 Å². The van der Waals surface area contributed by atoms with Gasteiger partial charge in [0.2, 0.25) is 0 Å². The lowest BCUT2D eigenvalue weighted by Crippen LogP contribution is -2.30. The van der Waals surface area contributed by atoms with Crippen molar-refractivity contribution < 1.29 is 19.7 Å². The van der Waals surface area contributed by atoms with Crippen molar-refractivity contribution in [2.24, 2.45) is 0 Å². The number of benzene rings is 4. The Morgan fingerprint density at radius 2 is 1.54 bits per heavy atom. The van der Waals surface area contributed by atoms with Crippen molar-refractivity contribution in [2.75, 3.05) is 11.9 Å². The topological polar surface area (TPSA) is 67.2 Å². The zero-order valence-corrected chi connectivity index (χ0v) is 22.4. The molecule has 1 heterocycles. The molecule has 3 unspecified atom stereocenters. The van der Waals surface area contributed by atoms with Gasteiger partial charge >= 0.3 is 0 Å². The molecule has 1 saturated heterocycles. The number of aromatic hydroxyl groups is 2. The van der Waals surface area contributed by atoms with Gasteiger partial charge in [0.25, 0.3) is 0 Å². The maximum Gasteiger partial charge on any atom is 0.176 e. The van der Waals surface area contributed by atoms with Crippen molar-refractivity contribution in [2.45, 2.75) is 37.5 Å². The molecule has 39 heavy (non-hydrogen) atoms. The molecule has 7 heteroatoms. The summed E-state index contributed by atoms with van der Waals surface area (Å²) in [6.45, 7) is 0. The molecule has 3 N–H and O–H groups in total. The maximum atomic E-state index is 13.3. The van der Waals surface area contributed by atoms with Gasteiger partial charge in [-0.2, -0.15) is 0 Å². The van der Waals surface area contributed by atoms with E-state index in [0.29, 0.717) is 35.5 Å². The second-order valence-electron chi connectivity index (χ2n) is 9.93. The number of halogens is 1. The van der Waals surface area contributed by atoms with Gasteiger partial charge in [-0.1, -0.05) is 54.6 Å². The summed E-state index contributed by atoms with van der Waals surface area (Å²) in [5.74, 6) is -0.344. The third kappa shape index (κ3) is 5.60. The van der Waals surface area contributed by atoms with Gasteiger partial charge in [0.15, 0.2) is 5.11 Å². The fourth-order valence-electron chi connectivity index (χ4n) is 5.38. The van der Waals surface area contributed by atoms with E-state index in [1.807, 2.05) is 42.3 Å². The number of likely N-dealkylation sites (N-methyl/N-ethyl adjacent to an activating group) is 1. The first-order chi connectivity index (χ1) is 18.8. The lowest BCUT2D eigenvalue weighted by molar-refractivity contribution is 0.159. The van der Waals surface area contributed by atoms with Crippen LogP contribution in [0.4, 0.5) is 10.1 Å². The molecule has 5 nitrogen and oxygen atoms in total. The molecule has 1 fully saturated rings. The number of thiocarbonyl (C=S) groups is 1. The molecule has 3 atom stereocenters. The van der Waals surface area contributed by atoms with Crippen LogP contribution < -0.4 is 4.90 Å². The smallest absolute Gasteiger partial charge is 0.176 e. The number of phenols is 2. The molecule has 0 aromatic heterocycles. The van der Waals surface area contributed by atoms with Gasteiger partial charge < -0.3 is 25.1 Å². The van der Waals surface area contributed by atoms with E-state index < -0.39 is 6.10 Å². The highest BCUT2D eigenvalue weighted by Gasteiger charge is 2.43. The summed E-state index contributed by atoms with van der Waals surface area (Å²) in [4.78, 5) is 4.10. The Balaban J connectivity index is 1.42. The molecule has 1 aliphatic rings. The quantitative estimate of drug-likeness (QED) is 0.209. The van der Waals surface area contributed by atoms with Crippen LogP contribution in [0.25, 0.3) is 11.1 Å². The minimum atomic E-state index is -0.702. The monoisotopic (exact) mass is 542 g/mol. The summed E-state index contributed by atoms with van der Waals surface area (Å²) in [5.41, 5.74) is 4.46. The summed E-state index contributed by atoms with van der Waals surface area (Å²) in [6.07, 6.45) is 1.18. The van der Waals surface area contributed by atoms with E-state index in [4.69, 9.17) is 12.2 Å². The van der Waals surface area contributed by atoms with E-state index in [-0.39, 0.29) is 29.4 Å². The first-order valence-electron chi connectivity index (χ1n) is 13.0. The van der Waals surface area contributed by atoms with Gasteiger partial charge in [0.05, 0.1) is 18.2 Å². The number of hydrogen-bond donors (Lipinski definition) is 3. The van der Waals surface area contributed by atoms with Gasteiger partial charge in [-0.05, 0) is 84.6 Å². The average molecular weight is 543 g/mol. The first kappa shape index (κ1) is 26.7. The fraction of sp³-hybridized carbons (Fsp3) is 0.219. The summed E-state index contributed by atoms with van der Waals surface area (Å²) < 4.78 is 13.3. The zero-order valence-electron chi connectivity index (χ0n) is 21.6. The summed E-state index contributed by atoms with van der Waals surface area (Å²) in [5, 5.41) is 32.1. The molecule has 0 spiro atoms. The number of anilines is 1. The van der Waals surface area contributed by atoms with E-state index in [1.54, 1.807) is 24.3 Å². The van der Waals surface area contributed by atoms with Crippen LogP contribution in [0.3, 0.4) is 0 Å². The molecule has 200 valence electrons. The number of rotatable bonds is 8. The van der Waals surface area contributed by atoms with Crippen molar-refractivity contribution in [3.63, 3.8) is 0 Å². The third-order valence-corrected chi connectivity index (χ3v) is 7.95. The molecule has 1 aliphatic heterocycles. The van der Waals surface area contributed by atoms with Crippen molar-refractivity contribution in [1.82, 2.24) is 4.90 Å². The Morgan fingerprint density at radius 1 is 0.872 bits per heavy atom. The fourth-order valence-corrected chi connectivity index (χ4v) is 5.74. The van der Waals surface area contributed by atoms with Crippen molar-refractivity contribution in [3.05, 3.63) is 114 Å². The summed E-state index contributed by atoms with van der Waals surface area (Å²) >= 11 is 5.92. The lowest BCUT2D eigenvalue weighted by atomic mass is 9.92. The molecule has 0 aliphatic carbocycles. The van der Waals surface area contributed by atoms with Gasteiger partial charge in [0, 0.05) is 24.4 Å². The highest BCUT2D eigenvalue weighted by atomic mass is 32.1. The van der Waals surface area contributed by atoms with Crippen LogP contribution in [-0.2, 0) is 0 Å². The van der Waals surface area contributed by atoms with E-state index in [0.717, 1.165) is 16.8 Å². The number of hydrogen-bond acceptors (Lipinski definition) is 4. The van der Waals surface area contributed by atoms with Crippen LogP contribution in [0.1, 0.15) is 42.5 Å². The Bertz CT molecular complexity index is 1430. The minimum Gasteiger partial charge on any atom is -0.508 e. The predicted molar refractivity (Wildman–Crippen MR) is 156 cm³/mol. The van der Waals surface area contributed by atoms with Gasteiger partial charge in [0.1, 0.15) is 17.3 Å². The molecule has 0 radical (unpaired) electrons. The Morgan fingerprint density at radius 3 is 2.21 bits per heavy atom. The van der Waals surface area contributed by atoms with E-state index in [1.165, 1.54) is 18.2 Å². The van der Waals surface area contributed by atoms with E-state index in [9.17, 15) is 19.7 Å². The van der Waals surface area contributed by atoms with E-state index >= 15 is 0 Å². The summed E-state index contributed by atoms with van der Waals surface area (Å²) in [7, 11) is 1.95. The highest BCUT2D eigenvalue weighted by molar-refractivity contribution is 7.80. The SMILES string of the molecule is CN1C(=S)N(c2ccc(-c3ccccc3)cc2)C(c2ccc(O)cc2O)C1CCCC(O)c1ccc(F)cc1. The molecule has 5 rings (SSSR count). The maximum absolute atomic E-state index is 13.3. The van der Waals surface area contributed by atoms with Gasteiger partial charge in [-0.3, -0.25) is 0 Å². The van der Waals surface area contributed by atoms with Gasteiger partial charge in [-0.15, -0.1) is 0 Å². The molecule has 4 aromatic carbocycles. The molecule has 0 saturated carbocycles. The normalized spacial score (nSPS) is 18.0. The minimum absolute atomic E-state index is 0.000326. The van der Waals surface area contributed by atoms with Crippen LogP contribution in [-0.4, -0.2) is 38.4 Å². The lowest BCUT2D eigenvalue weighted by Gasteiger charge is -2.29. The van der Waals surface area contributed by atoms with E-state index in [2.05, 4.69) is 29.2 Å². The first-order valence-corrected chi connectivity index (χ1v) is 13.4. The average Bonchev–Trinajstić information content (AvgIpc) is 3.19. The Kier molecular flexibility index (Phi) is 7.82. The highest BCUT2D eigenvalue weighted by Crippen LogP contribution is 2.44. The Hall–Kier alpha value is -3.94. The molecule has 0 amide bonds. The number of aliphatic hydroxyl groups is 1. The second kappa shape index (κ2) is 11.4. The van der Waals surface area contributed by atoms with Crippen LogP contribution in [0, 0.1) is 5.82 Å². The van der Waals surface area contributed by atoms with Crippen molar-refractivity contribution in [3.8, 4) is 22.6 Å². The number of nitrogens with zero attached hydrogens (tertiary/aromatic N) is 2. The largest absolute Gasteiger partial charge is 0.508 e. The number of aliphatic hydroxyl groups excluding tert-OH is 1. The van der Waals surface area contributed by atoms with Crippen LogP contribution in [0.5, 0.6) is 11.5 Å². The zero-order chi connectivity index (χ0) is 27.5. The number of phenolic OH excluding ortho intramolecular Hbond substituents is 2. The van der Waals surface area contributed by atoms with Crippen LogP contribution >= 0.6 is 12.2 Å². The second-order valence-corrected chi connectivity index (χ2v) is 10.3. The van der Waals surface area contributed by atoms with Crippen molar-refractivity contribution in [1.29, 1.82) is 0 Å². The summed E-state index contributed by atoms with van der Waals surface area (Å²) in [6, 6.07) is 28.5. The van der Waals surface area contributed by atoms with Crippen molar-refractivity contribution >= 4 is 23.0 Å². The third-order valence-electron chi connectivity index (χ3n) is 7.47. The van der Waals surface area contributed by atoms with Crippen LogP contribution in [0.2, 0.25) is 0 Å². The standard InChI is InChI=1S/C32H31FN2O3S/c1-34-28(8-5-9-29(37)23-10-14-24(33)15-11-23)31(27-19-18-26(36)20-30(27)38)35(32(34)39)25-16-12-22(13-17-25)21-6-3-2-4-7-21/h2-4,6-7,10-20,28-29,31,36-38H,5,8-9H2,1H3. The molecule has 0 bridgehead atoms. The molecule has 4 aromatic rings.